The molecule has 0 heterocycles. The van der Waals surface area contributed by atoms with E-state index in [0.29, 0.717) is 6.61 Å². The van der Waals surface area contributed by atoms with Gasteiger partial charge in [-0.25, -0.2) is 4.79 Å². The predicted octanol–water partition coefficient (Wildman–Crippen LogP) is 4.40. The lowest BCUT2D eigenvalue weighted by atomic mass is 10.1. The molecule has 0 aromatic rings. The molecular weight excluding hydrogens is 228 g/mol. The zero-order valence-corrected chi connectivity index (χ0v) is 12.1. The van der Waals surface area contributed by atoms with Crippen LogP contribution in [0.1, 0.15) is 78.1 Å². The lowest BCUT2D eigenvalue weighted by molar-refractivity contribution is -0.149. The second-order valence-electron chi connectivity index (χ2n) is 5.03. The fourth-order valence-corrected chi connectivity index (χ4v) is 1.92. The van der Waals surface area contributed by atoms with Crippen LogP contribution in [0.25, 0.3) is 0 Å². The van der Waals surface area contributed by atoms with Crippen molar-refractivity contribution in [3.63, 3.8) is 0 Å². The van der Waals surface area contributed by atoms with Gasteiger partial charge in [-0.15, -0.1) is 0 Å². The quantitative estimate of drug-likeness (QED) is 0.498. The average molecular weight is 258 g/mol. The zero-order chi connectivity index (χ0) is 13.6. The fraction of sp³-hybridized carbons (Fsp3) is 0.933. The standard InChI is InChI=1S/C15H30O3/c1-3-4-5-6-7-8-9-10-11-12-13-18-14(2)15(16)17/h14H,3-13H2,1-2H3,(H,16,17). The van der Waals surface area contributed by atoms with Crippen LogP contribution in [0.15, 0.2) is 0 Å². The SMILES string of the molecule is CCCCCCCCCCCCOC(C)C(=O)O. The van der Waals surface area contributed by atoms with Crippen LogP contribution in [0.3, 0.4) is 0 Å². The van der Waals surface area contributed by atoms with Gasteiger partial charge in [0.05, 0.1) is 0 Å². The van der Waals surface area contributed by atoms with Gasteiger partial charge in [-0.3, -0.25) is 0 Å². The Bertz CT molecular complexity index is 192. The van der Waals surface area contributed by atoms with Crippen molar-refractivity contribution >= 4 is 5.97 Å². The Labute approximate surface area is 112 Å². The van der Waals surface area contributed by atoms with Crippen molar-refractivity contribution in [2.45, 2.75) is 84.2 Å². The van der Waals surface area contributed by atoms with Gasteiger partial charge >= 0.3 is 5.97 Å². The first kappa shape index (κ1) is 17.4. The van der Waals surface area contributed by atoms with Crippen molar-refractivity contribution in [3.05, 3.63) is 0 Å². The second-order valence-corrected chi connectivity index (χ2v) is 5.03. The third-order valence-corrected chi connectivity index (χ3v) is 3.21. The highest BCUT2D eigenvalue weighted by atomic mass is 16.5. The third kappa shape index (κ3) is 11.9. The summed E-state index contributed by atoms with van der Waals surface area (Å²) < 4.78 is 5.18. The Kier molecular flexibility index (Phi) is 12.5. The fourth-order valence-electron chi connectivity index (χ4n) is 1.92. The van der Waals surface area contributed by atoms with Crippen molar-refractivity contribution in [1.29, 1.82) is 0 Å². The first-order chi connectivity index (χ1) is 8.68. The number of hydrogen-bond donors (Lipinski definition) is 1. The number of carboxylic acids is 1. The number of carboxylic acid groups (broad SMARTS) is 1. The van der Waals surface area contributed by atoms with E-state index in [2.05, 4.69) is 6.92 Å². The van der Waals surface area contributed by atoms with Gasteiger partial charge in [-0.05, 0) is 13.3 Å². The monoisotopic (exact) mass is 258 g/mol. The molecule has 0 saturated heterocycles. The summed E-state index contributed by atoms with van der Waals surface area (Å²) in [4.78, 5) is 10.5. The number of unbranched alkanes of at least 4 members (excludes halogenated alkanes) is 9. The number of aliphatic carboxylic acids is 1. The predicted molar refractivity (Wildman–Crippen MR) is 74.9 cm³/mol. The normalized spacial score (nSPS) is 12.6. The van der Waals surface area contributed by atoms with E-state index in [9.17, 15) is 4.79 Å². The minimum atomic E-state index is -0.873. The molecule has 3 nitrogen and oxygen atoms in total. The summed E-state index contributed by atoms with van der Waals surface area (Å²) >= 11 is 0. The molecule has 0 amide bonds. The van der Waals surface area contributed by atoms with E-state index >= 15 is 0 Å². The van der Waals surface area contributed by atoms with Crippen LogP contribution in [-0.4, -0.2) is 23.8 Å². The summed E-state index contributed by atoms with van der Waals surface area (Å²) in [6.07, 6.45) is 12.2. The molecule has 1 unspecified atom stereocenters. The minimum absolute atomic E-state index is 0.573. The molecule has 0 aliphatic rings. The summed E-state index contributed by atoms with van der Waals surface area (Å²) in [5.41, 5.74) is 0. The molecule has 0 aliphatic carbocycles. The van der Waals surface area contributed by atoms with Crippen LogP contribution in [0, 0.1) is 0 Å². The molecule has 108 valence electrons. The van der Waals surface area contributed by atoms with Gasteiger partial charge in [0.2, 0.25) is 0 Å². The molecule has 1 N–H and O–H groups in total. The smallest absolute Gasteiger partial charge is 0.332 e. The number of hydrogen-bond acceptors (Lipinski definition) is 2. The van der Waals surface area contributed by atoms with Crippen molar-refractivity contribution in [3.8, 4) is 0 Å². The van der Waals surface area contributed by atoms with Crippen LogP contribution < -0.4 is 0 Å². The lowest BCUT2D eigenvalue weighted by Crippen LogP contribution is -2.20. The third-order valence-electron chi connectivity index (χ3n) is 3.21. The zero-order valence-electron chi connectivity index (χ0n) is 12.1. The highest BCUT2D eigenvalue weighted by Gasteiger charge is 2.09. The molecule has 18 heavy (non-hydrogen) atoms. The summed E-state index contributed by atoms with van der Waals surface area (Å²) in [6.45, 7) is 4.40. The topological polar surface area (TPSA) is 46.5 Å². The highest BCUT2D eigenvalue weighted by Crippen LogP contribution is 2.10. The van der Waals surface area contributed by atoms with Crippen LogP contribution in [0.4, 0.5) is 0 Å². The van der Waals surface area contributed by atoms with Crippen LogP contribution in [0.2, 0.25) is 0 Å². The maximum atomic E-state index is 10.5. The Morgan fingerprint density at radius 2 is 1.39 bits per heavy atom. The summed E-state index contributed by atoms with van der Waals surface area (Å²) in [7, 11) is 0. The number of rotatable bonds is 13. The Hall–Kier alpha value is -0.570. The molecule has 0 aromatic carbocycles. The van der Waals surface area contributed by atoms with Gasteiger partial charge in [0.1, 0.15) is 0 Å². The first-order valence-corrected chi connectivity index (χ1v) is 7.53. The van der Waals surface area contributed by atoms with E-state index in [1.807, 2.05) is 0 Å². The average Bonchev–Trinajstić information content (AvgIpc) is 2.35. The molecule has 1 atom stereocenters. The van der Waals surface area contributed by atoms with Crippen LogP contribution in [-0.2, 0) is 9.53 Å². The molecular formula is C15H30O3. The first-order valence-electron chi connectivity index (χ1n) is 7.53. The molecule has 0 fully saturated rings. The van der Waals surface area contributed by atoms with Crippen molar-refractivity contribution < 1.29 is 14.6 Å². The molecule has 0 bridgehead atoms. The van der Waals surface area contributed by atoms with Gasteiger partial charge in [0.25, 0.3) is 0 Å². The molecule has 0 aliphatic heterocycles. The van der Waals surface area contributed by atoms with Crippen LogP contribution >= 0.6 is 0 Å². The summed E-state index contributed by atoms with van der Waals surface area (Å²) in [6, 6.07) is 0. The van der Waals surface area contributed by atoms with Crippen LogP contribution in [0.5, 0.6) is 0 Å². The van der Waals surface area contributed by atoms with Gasteiger partial charge in [-0.1, -0.05) is 64.7 Å². The highest BCUT2D eigenvalue weighted by molar-refractivity contribution is 5.71. The Morgan fingerprint density at radius 3 is 1.83 bits per heavy atom. The Morgan fingerprint density at radius 1 is 0.944 bits per heavy atom. The molecule has 0 rings (SSSR count). The maximum Gasteiger partial charge on any atom is 0.332 e. The van der Waals surface area contributed by atoms with Crippen molar-refractivity contribution in [2.24, 2.45) is 0 Å². The number of ether oxygens (including phenoxy) is 1. The molecule has 0 radical (unpaired) electrons. The van der Waals surface area contributed by atoms with E-state index in [1.165, 1.54) is 51.4 Å². The van der Waals surface area contributed by atoms with E-state index < -0.39 is 12.1 Å². The van der Waals surface area contributed by atoms with Crippen molar-refractivity contribution in [2.75, 3.05) is 6.61 Å². The van der Waals surface area contributed by atoms with E-state index in [1.54, 1.807) is 6.92 Å². The van der Waals surface area contributed by atoms with Gasteiger partial charge in [0.15, 0.2) is 6.10 Å². The largest absolute Gasteiger partial charge is 0.479 e. The molecule has 0 spiro atoms. The van der Waals surface area contributed by atoms with Gasteiger partial charge in [0, 0.05) is 6.61 Å². The molecule has 0 saturated carbocycles. The lowest BCUT2D eigenvalue weighted by Gasteiger charge is -2.07. The second kappa shape index (κ2) is 12.9. The summed E-state index contributed by atoms with van der Waals surface area (Å²) in [5, 5.41) is 8.62. The maximum absolute atomic E-state index is 10.5. The summed E-state index contributed by atoms with van der Waals surface area (Å²) in [5.74, 6) is -0.873. The minimum Gasteiger partial charge on any atom is -0.479 e. The van der Waals surface area contributed by atoms with Gasteiger partial charge < -0.3 is 9.84 Å². The number of carbonyl (C=O) groups is 1. The van der Waals surface area contributed by atoms with E-state index in [0.717, 1.165) is 12.8 Å². The van der Waals surface area contributed by atoms with E-state index in [4.69, 9.17) is 9.84 Å². The van der Waals surface area contributed by atoms with Crippen molar-refractivity contribution in [1.82, 2.24) is 0 Å². The molecule has 3 heteroatoms. The van der Waals surface area contributed by atoms with Gasteiger partial charge in [-0.2, -0.15) is 0 Å². The molecule has 0 aromatic heterocycles. The van der Waals surface area contributed by atoms with E-state index in [-0.39, 0.29) is 0 Å². The Balaban J connectivity index is 3.05.